The second-order valence-corrected chi connectivity index (χ2v) is 6.81. The second-order valence-electron chi connectivity index (χ2n) is 6.81. The molecule has 2 N–H and O–H groups in total. The summed E-state index contributed by atoms with van der Waals surface area (Å²) >= 11 is 0. The van der Waals surface area contributed by atoms with Crippen LogP contribution in [0.5, 0.6) is 0 Å². The van der Waals surface area contributed by atoms with Crippen LogP contribution in [0.3, 0.4) is 0 Å². The van der Waals surface area contributed by atoms with Crippen molar-refractivity contribution in [1.29, 1.82) is 0 Å². The Hall–Kier alpha value is -3.41. The Labute approximate surface area is 155 Å². The molecule has 0 spiro atoms. The minimum Gasteiger partial charge on any atom is -0.361 e. The topological polar surface area (TPSA) is 79.8 Å². The van der Waals surface area contributed by atoms with Gasteiger partial charge >= 0.3 is 0 Å². The monoisotopic (exact) mass is 360 g/mol. The van der Waals surface area contributed by atoms with Crippen molar-refractivity contribution in [2.75, 3.05) is 5.32 Å². The highest BCUT2D eigenvalue weighted by molar-refractivity contribution is 6.02. The van der Waals surface area contributed by atoms with Crippen LogP contribution in [0.2, 0.25) is 0 Å². The SMILES string of the molecule is CC(C)n1nc(CC(=O)Nc2cccc3[nH]ccc23)c2ccccc2c1=O. The van der Waals surface area contributed by atoms with Gasteiger partial charge in [0.25, 0.3) is 5.56 Å². The molecular formula is C21H20N4O2. The Morgan fingerprint density at radius 3 is 2.63 bits per heavy atom. The summed E-state index contributed by atoms with van der Waals surface area (Å²) in [6.07, 6.45) is 1.93. The maximum absolute atomic E-state index is 12.7. The number of aromatic nitrogens is 3. The van der Waals surface area contributed by atoms with Crippen molar-refractivity contribution in [2.45, 2.75) is 26.3 Å². The normalized spacial score (nSPS) is 11.4. The molecule has 2 aromatic carbocycles. The van der Waals surface area contributed by atoms with Crippen molar-refractivity contribution in [1.82, 2.24) is 14.8 Å². The standard InChI is InChI=1S/C21H20N4O2/c1-13(2)25-21(27)15-7-4-3-6-14(15)19(24-25)12-20(26)23-18-9-5-8-17-16(18)10-11-22-17/h3-11,13,22H,12H2,1-2H3,(H,23,26). The number of nitrogens with one attached hydrogen (secondary N) is 2. The van der Waals surface area contributed by atoms with Gasteiger partial charge in [-0.15, -0.1) is 0 Å². The van der Waals surface area contributed by atoms with Crippen molar-refractivity contribution in [3.8, 4) is 0 Å². The molecule has 0 atom stereocenters. The van der Waals surface area contributed by atoms with Gasteiger partial charge in [-0.3, -0.25) is 9.59 Å². The molecule has 6 nitrogen and oxygen atoms in total. The van der Waals surface area contributed by atoms with Crippen LogP contribution in [-0.2, 0) is 11.2 Å². The van der Waals surface area contributed by atoms with Gasteiger partial charge < -0.3 is 10.3 Å². The number of rotatable bonds is 4. The lowest BCUT2D eigenvalue weighted by Crippen LogP contribution is -2.27. The Morgan fingerprint density at radius 2 is 1.85 bits per heavy atom. The molecule has 2 aromatic heterocycles. The highest BCUT2D eigenvalue weighted by Gasteiger charge is 2.15. The number of aromatic amines is 1. The van der Waals surface area contributed by atoms with Crippen LogP contribution in [-0.4, -0.2) is 20.7 Å². The number of fused-ring (bicyclic) bond motifs is 2. The third-order valence-electron chi connectivity index (χ3n) is 4.59. The molecular weight excluding hydrogens is 340 g/mol. The van der Waals surface area contributed by atoms with Crippen LogP contribution < -0.4 is 10.9 Å². The summed E-state index contributed by atoms with van der Waals surface area (Å²) in [4.78, 5) is 28.5. The van der Waals surface area contributed by atoms with E-state index in [0.29, 0.717) is 11.1 Å². The number of hydrogen-bond donors (Lipinski definition) is 2. The average molecular weight is 360 g/mol. The van der Waals surface area contributed by atoms with Crippen LogP contribution in [0.15, 0.2) is 59.5 Å². The lowest BCUT2D eigenvalue weighted by atomic mass is 10.1. The fourth-order valence-electron chi connectivity index (χ4n) is 3.30. The third-order valence-corrected chi connectivity index (χ3v) is 4.59. The Morgan fingerprint density at radius 1 is 1.07 bits per heavy atom. The zero-order valence-corrected chi connectivity index (χ0v) is 15.2. The molecule has 0 bridgehead atoms. The van der Waals surface area contributed by atoms with Gasteiger partial charge in [0.2, 0.25) is 5.91 Å². The third kappa shape index (κ3) is 3.10. The lowest BCUT2D eigenvalue weighted by molar-refractivity contribution is -0.115. The molecule has 0 saturated heterocycles. The molecule has 136 valence electrons. The van der Waals surface area contributed by atoms with Gasteiger partial charge in [0.05, 0.1) is 29.2 Å². The van der Waals surface area contributed by atoms with E-state index in [1.165, 1.54) is 4.68 Å². The van der Waals surface area contributed by atoms with E-state index in [1.54, 1.807) is 6.07 Å². The number of amides is 1. The van der Waals surface area contributed by atoms with Gasteiger partial charge in [0, 0.05) is 22.5 Å². The average Bonchev–Trinajstić information content (AvgIpc) is 3.14. The summed E-state index contributed by atoms with van der Waals surface area (Å²) in [7, 11) is 0. The first kappa shape index (κ1) is 17.0. The molecule has 1 amide bonds. The van der Waals surface area contributed by atoms with Crippen LogP contribution in [0.25, 0.3) is 21.7 Å². The number of anilines is 1. The first-order valence-electron chi connectivity index (χ1n) is 8.91. The predicted molar refractivity (Wildman–Crippen MR) is 107 cm³/mol. The van der Waals surface area contributed by atoms with Crippen molar-refractivity contribution < 1.29 is 4.79 Å². The zero-order chi connectivity index (χ0) is 19.0. The van der Waals surface area contributed by atoms with Gasteiger partial charge in [0.1, 0.15) is 0 Å². The van der Waals surface area contributed by atoms with Crippen molar-refractivity contribution in [2.24, 2.45) is 0 Å². The Kier molecular flexibility index (Phi) is 4.24. The van der Waals surface area contributed by atoms with E-state index < -0.39 is 0 Å². The fraction of sp³-hybridized carbons (Fsp3) is 0.190. The zero-order valence-electron chi connectivity index (χ0n) is 15.2. The molecule has 2 heterocycles. The first-order valence-corrected chi connectivity index (χ1v) is 8.91. The summed E-state index contributed by atoms with van der Waals surface area (Å²) in [5, 5.41) is 9.68. The van der Waals surface area contributed by atoms with E-state index in [9.17, 15) is 9.59 Å². The Balaban J connectivity index is 1.70. The van der Waals surface area contributed by atoms with E-state index in [0.717, 1.165) is 22.0 Å². The van der Waals surface area contributed by atoms with E-state index >= 15 is 0 Å². The van der Waals surface area contributed by atoms with Gasteiger partial charge in [-0.1, -0.05) is 24.3 Å². The molecule has 0 fully saturated rings. The fourth-order valence-corrected chi connectivity index (χ4v) is 3.30. The predicted octanol–water partition coefficient (Wildman–Crippen LogP) is 3.64. The largest absolute Gasteiger partial charge is 0.361 e. The molecule has 0 radical (unpaired) electrons. The summed E-state index contributed by atoms with van der Waals surface area (Å²) in [6.45, 7) is 3.80. The van der Waals surface area contributed by atoms with Crippen LogP contribution >= 0.6 is 0 Å². The quantitative estimate of drug-likeness (QED) is 0.583. The molecule has 4 aromatic rings. The summed E-state index contributed by atoms with van der Waals surface area (Å²) < 4.78 is 1.44. The van der Waals surface area contributed by atoms with Gasteiger partial charge in [0.15, 0.2) is 0 Å². The molecule has 0 aliphatic rings. The van der Waals surface area contributed by atoms with Gasteiger partial charge in [-0.05, 0) is 38.1 Å². The van der Waals surface area contributed by atoms with E-state index in [-0.39, 0.29) is 23.9 Å². The summed E-state index contributed by atoms with van der Waals surface area (Å²) in [5.74, 6) is -0.171. The Bertz CT molecular complexity index is 1200. The highest BCUT2D eigenvalue weighted by Crippen LogP contribution is 2.23. The van der Waals surface area contributed by atoms with E-state index in [4.69, 9.17) is 0 Å². The molecule has 4 rings (SSSR count). The van der Waals surface area contributed by atoms with Crippen molar-refractivity contribution in [3.63, 3.8) is 0 Å². The van der Waals surface area contributed by atoms with E-state index in [1.807, 2.05) is 62.5 Å². The summed E-state index contributed by atoms with van der Waals surface area (Å²) in [6, 6.07) is 14.9. The molecule has 0 saturated carbocycles. The van der Waals surface area contributed by atoms with Crippen molar-refractivity contribution >= 4 is 33.3 Å². The number of nitrogens with zero attached hydrogens (tertiary/aromatic N) is 2. The smallest absolute Gasteiger partial charge is 0.274 e. The molecule has 27 heavy (non-hydrogen) atoms. The maximum atomic E-state index is 12.7. The van der Waals surface area contributed by atoms with Gasteiger partial charge in [-0.2, -0.15) is 5.10 Å². The second kappa shape index (κ2) is 6.72. The molecule has 0 aliphatic carbocycles. The number of carbonyl (C=O) groups excluding carboxylic acids is 1. The van der Waals surface area contributed by atoms with Crippen LogP contribution in [0, 0.1) is 0 Å². The van der Waals surface area contributed by atoms with Crippen molar-refractivity contribution in [3.05, 3.63) is 70.8 Å². The van der Waals surface area contributed by atoms with E-state index in [2.05, 4.69) is 15.4 Å². The maximum Gasteiger partial charge on any atom is 0.274 e. The number of carbonyl (C=O) groups is 1. The molecule has 0 aliphatic heterocycles. The van der Waals surface area contributed by atoms with Gasteiger partial charge in [-0.25, -0.2) is 4.68 Å². The highest BCUT2D eigenvalue weighted by atomic mass is 16.1. The summed E-state index contributed by atoms with van der Waals surface area (Å²) in [5.41, 5.74) is 2.17. The van der Waals surface area contributed by atoms with Crippen LogP contribution in [0.1, 0.15) is 25.6 Å². The molecule has 6 heteroatoms. The number of benzene rings is 2. The molecule has 0 unspecified atom stereocenters. The number of hydrogen-bond acceptors (Lipinski definition) is 3. The minimum atomic E-state index is -0.171. The minimum absolute atomic E-state index is 0.0856. The lowest BCUT2D eigenvalue weighted by Gasteiger charge is -2.13. The first-order chi connectivity index (χ1) is 13.0. The van der Waals surface area contributed by atoms with Crippen LogP contribution in [0.4, 0.5) is 5.69 Å². The number of H-pyrrole nitrogens is 1.